The van der Waals surface area contributed by atoms with E-state index in [9.17, 15) is 17.6 Å². The van der Waals surface area contributed by atoms with E-state index in [2.05, 4.69) is 12.2 Å². The Balaban J connectivity index is 2.23. The van der Waals surface area contributed by atoms with Crippen molar-refractivity contribution in [2.75, 3.05) is 10.6 Å². The number of nitrogens with one attached hydrogen (secondary N) is 1. The molecule has 2 aromatic carbocycles. The van der Waals surface area contributed by atoms with Gasteiger partial charge in [0, 0.05) is 0 Å². The fraction of sp³-hybridized carbons (Fsp3) is 0.350. The predicted molar refractivity (Wildman–Crippen MR) is 106 cm³/mol. The van der Waals surface area contributed by atoms with E-state index < -0.39 is 27.8 Å². The van der Waals surface area contributed by atoms with Crippen LogP contribution in [0.3, 0.4) is 0 Å². The van der Waals surface area contributed by atoms with Crippen LogP contribution in [0.25, 0.3) is 0 Å². The summed E-state index contributed by atoms with van der Waals surface area (Å²) in [6.45, 7) is 5.32. The SMILES string of the molecule is CCc1ccc([C@@H](C)NC(=O)[C@H](C)N(c2ccccc2F)S(C)(=O)=O)cc1. The van der Waals surface area contributed by atoms with E-state index in [-0.39, 0.29) is 11.7 Å². The number of carbonyl (C=O) groups excluding carboxylic acids is 1. The molecule has 0 aliphatic heterocycles. The Morgan fingerprint density at radius 2 is 1.70 bits per heavy atom. The first-order valence-electron chi connectivity index (χ1n) is 8.78. The van der Waals surface area contributed by atoms with E-state index in [4.69, 9.17) is 0 Å². The summed E-state index contributed by atoms with van der Waals surface area (Å²) in [6.07, 6.45) is 1.88. The average Bonchev–Trinajstić information content (AvgIpc) is 2.62. The molecular weight excluding hydrogens is 367 g/mol. The second-order valence-corrected chi connectivity index (χ2v) is 8.37. The zero-order chi connectivity index (χ0) is 20.2. The zero-order valence-electron chi connectivity index (χ0n) is 15.9. The van der Waals surface area contributed by atoms with E-state index in [0.717, 1.165) is 28.6 Å². The maximum absolute atomic E-state index is 14.2. The number of aryl methyl sites for hydroxylation is 1. The average molecular weight is 392 g/mol. The quantitative estimate of drug-likeness (QED) is 0.785. The van der Waals surface area contributed by atoms with Crippen molar-refractivity contribution in [3.05, 3.63) is 65.5 Å². The van der Waals surface area contributed by atoms with Gasteiger partial charge in [0.2, 0.25) is 15.9 Å². The van der Waals surface area contributed by atoms with Crippen molar-refractivity contribution in [1.82, 2.24) is 5.32 Å². The monoisotopic (exact) mass is 392 g/mol. The molecule has 7 heteroatoms. The highest BCUT2D eigenvalue weighted by Crippen LogP contribution is 2.24. The van der Waals surface area contributed by atoms with Gasteiger partial charge in [-0.25, -0.2) is 12.8 Å². The number of rotatable bonds is 7. The molecule has 0 fully saturated rings. The van der Waals surface area contributed by atoms with E-state index in [0.29, 0.717) is 0 Å². The van der Waals surface area contributed by atoms with E-state index in [1.165, 1.54) is 30.7 Å². The lowest BCUT2D eigenvalue weighted by Gasteiger charge is -2.29. The van der Waals surface area contributed by atoms with Gasteiger partial charge in [0.1, 0.15) is 11.9 Å². The first-order chi connectivity index (χ1) is 12.6. The number of anilines is 1. The molecule has 2 atom stereocenters. The standard InChI is InChI=1S/C20H25FN2O3S/c1-5-16-10-12-17(13-11-16)14(2)22-20(24)15(3)23(27(4,25)26)19-9-7-6-8-18(19)21/h6-15H,5H2,1-4H3,(H,22,24)/t14-,15+/m1/s1. The Labute approximate surface area is 160 Å². The summed E-state index contributed by atoms with van der Waals surface area (Å²) in [6, 6.07) is 11.9. The molecule has 0 aliphatic rings. The maximum Gasteiger partial charge on any atom is 0.244 e. The molecule has 0 spiro atoms. The number of benzene rings is 2. The summed E-state index contributed by atoms with van der Waals surface area (Å²) in [4.78, 5) is 12.7. The second-order valence-electron chi connectivity index (χ2n) is 6.51. The number of halogens is 1. The van der Waals surface area contributed by atoms with Gasteiger partial charge in [0.25, 0.3) is 0 Å². The van der Waals surface area contributed by atoms with Crippen molar-refractivity contribution in [2.45, 2.75) is 39.3 Å². The fourth-order valence-corrected chi connectivity index (χ4v) is 4.05. The van der Waals surface area contributed by atoms with Crippen LogP contribution in [0.5, 0.6) is 0 Å². The number of hydrogen-bond donors (Lipinski definition) is 1. The Hall–Kier alpha value is -2.41. The van der Waals surface area contributed by atoms with Crippen LogP contribution in [-0.2, 0) is 21.2 Å². The third kappa shape index (κ3) is 5.07. The number of carbonyl (C=O) groups is 1. The molecule has 0 bridgehead atoms. The molecule has 1 N–H and O–H groups in total. The zero-order valence-corrected chi connectivity index (χ0v) is 16.8. The Kier molecular flexibility index (Phi) is 6.59. The van der Waals surface area contributed by atoms with Crippen molar-refractivity contribution in [3.8, 4) is 0 Å². The van der Waals surface area contributed by atoms with Crippen molar-refractivity contribution >= 4 is 21.6 Å². The second kappa shape index (κ2) is 8.52. The molecule has 0 radical (unpaired) electrons. The third-order valence-corrected chi connectivity index (χ3v) is 5.65. The maximum atomic E-state index is 14.2. The number of hydrogen-bond acceptors (Lipinski definition) is 3. The molecule has 0 saturated carbocycles. The largest absolute Gasteiger partial charge is 0.348 e. The van der Waals surface area contributed by atoms with Gasteiger partial charge in [-0.1, -0.05) is 43.3 Å². The lowest BCUT2D eigenvalue weighted by molar-refractivity contribution is -0.122. The highest BCUT2D eigenvalue weighted by molar-refractivity contribution is 7.92. The third-order valence-electron chi connectivity index (χ3n) is 4.43. The van der Waals surface area contributed by atoms with Gasteiger partial charge in [-0.05, 0) is 43.5 Å². The van der Waals surface area contributed by atoms with Gasteiger partial charge >= 0.3 is 0 Å². The molecule has 1 amide bonds. The molecule has 0 aromatic heterocycles. The summed E-state index contributed by atoms with van der Waals surface area (Å²) in [5.74, 6) is -1.21. The minimum Gasteiger partial charge on any atom is -0.348 e. The van der Waals surface area contributed by atoms with E-state index in [1.54, 1.807) is 0 Å². The predicted octanol–water partition coefficient (Wildman–Crippen LogP) is 3.42. The first kappa shape index (κ1) is 20.9. The lowest BCUT2D eigenvalue weighted by Crippen LogP contribution is -2.48. The van der Waals surface area contributed by atoms with E-state index >= 15 is 0 Å². The van der Waals surface area contributed by atoms with Crippen molar-refractivity contribution in [3.63, 3.8) is 0 Å². The highest BCUT2D eigenvalue weighted by Gasteiger charge is 2.31. The summed E-state index contributed by atoms with van der Waals surface area (Å²) in [7, 11) is -3.86. The van der Waals surface area contributed by atoms with Crippen LogP contribution in [0.2, 0.25) is 0 Å². The van der Waals surface area contributed by atoms with Gasteiger partial charge in [-0.3, -0.25) is 9.10 Å². The number of para-hydroxylation sites is 1. The van der Waals surface area contributed by atoms with Gasteiger partial charge in [0.05, 0.1) is 18.0 Å². The molecule has 2 aromatic rings. The molecule has 27 heavy (non-hydrogen) atoms. The molecule has 0 heterocycles. The fourth-order valence-electron chi connectivity index (χ4n) is 2.87. The normalized spacial score (nSPS) is 13.7. The summed E-state index contributed by atoms with van der Waals surface area (Å²) in [5, 5.41) is 2.81. The first-order valence-corrected chi connectivity index (χ1v) is 10.6. The summed E-state index contributed by atoms with van der Waals surface area (Å²) in [5.41, 5.74) is 1.94. The highest BCUT2D eigenvalue weighted by atomic mass is 32.2. The van der Waals surface area contributed by atoms with Gasteiger partial charge in [-0.15, -0.1) is 0 Å². The van der Waals surface area contributed by atoms with Crippen molar-refractivity contribution in [2.24, 2.45) is 0 Å². The summed E-state index contributed by atoms with van der Waals surface area (Å²) < 4.78 is 39.4. The van der Waals surface area contributed by atoms with Crippen LogP contribution in [-0.4, -0.2) is 26.6 Å². The molecule has 2 rings (SSSR count). The molecule has 146 valence electrons. The number of sulfonamides is 1. The van der Waals surface area contributed by atoms with Crippen LogP contribution in [0, 0.1) is 5.82 Å². The molecule has 5 nitrogen and oxygen atoms in total. The van der Waals surface area contributed by atoms with Gasteiger partial charge in [-0.2, -0.15) is 0 Å². The van der Waals surface area contributed by atoms with E-state index in [1.807, 2.05) is 31.2 Å². The van der Waals surface area contributed by atoms with Gasteiger partial charge in [0.15, 0.2) is 0 Å². The van der Waals surface area contributed by atoms with Crippen LogP contribution in [0.15, 0.2) is 48.5 Å². The van der Waals surface area contributed by atoms with Gasteiger partial charge < -0.3 is 5.32 Å². The van der Waals surface area contributed by atoms with Crippen LogP contribution in [0.4, 0.5) is 10.1 Å². The molecule has 0 aliphatic carbocycles. The van der Waals surface area contributed by atoms with Crippen LogP contribution in [0.1, 0.15) is 37.9 Å². The number of nitrogens with zero attached hydrogens (tertiary/aromatic N) is 1. The Bertz CT molecular complexity index is 898. The smallest absolute Gasteiger partial charge is 0.244 e. The minimum atomic E-state index is -3.86. The van der Waals surface area contributed by atoms with Crippen LogP contribution >= 0.6 is 0 Å². The summed E-state index contributed by atoms with van der Waals surface area (Å²) >= 11 is 0. The van der Waals surface area contributed by atoms with Crippen molar-refractivity contribution in [1.29, 1.82) is 0 Å². The van der Waals surface area contributed by atoms with Crippen LogP contribution < -0.4 is 9.62 Å². The Morgan fingerprint density at radius 3 is 2.22 bits per heavy atom. The molecule has 0 saturated heterocycles. The molecule has 0 unspecified atom stereocenters. The minimum absolute atomic E-state index is 0.150. The Morgan fingerprint density at radius 1 is 1.11 bits per heavy atom. The number of amides is 1. The molecular formula is C20H25FN2O3S. The van der Waals surface area contributed by atoms with Crippen molar-refractivity contribution < 1.29 is 17.6 Å². The lowest BCUT2D eigenvalue weighted by atomic mass is 10.0. The topological polar surface area (TPSA) is 66.5 Å².